The molecule has 2 aromatic rings. The van der Waals surface area contributed by atoms with E-state index in [-0.39, 0.29) is 11.7 Å². The molecule has 0 amide bonds. The summed E-state index contributed by atoms with van der Waals surface area (Å²) in [6, 6.07) is 7.13. The lowest BCUT2D eigenvalue weighted by molar-refractivity contribution is 0.0691. The average molecular weight is 228 g/mol. The van der Waals surface area contributed by atoms with E-state index >= 15 is 0 Å². The van der Waals surface area contributed by atoms with Crippen molar-refractivity contribution in [3.63, 3.8) is 0 Å². The van der Waals surface area contributed by atoms with Crippen molar-refractivity contribution >= 4 is 16.9 Å². The molecule has 4 nitrogen and oxygen atoms in total. The minimum atomic E-state index is -1.02. The van der Waals surface area contributed by atoms with E-state index in [4.69, 9.17) is 5.11 Å². The highest BCUT2D eigenvalue weighted by Gasteiger charge is 2.17. The van der Waals surface area contributed by atoms with Gasteiger partial charge in [-0.3, -0.25) is 0 Å². The fourth-order valence-electron chi connectivity index (χ4n) is 1.81. The lowest BCUT2D eigenvalue weighted by Gasteiger charge is -2.05. The minimum absolute atomic E-state index is 0.0744. The molecule has 0 aliphatic rings. The van der Waals surface area contributed by atoms with Gasteiger partial charge < -0.3 is 5.11 Å². The van der Waals surface area contributed by atoms with Crippen molar-refractivity contribution in [3.8, 4) is 11.8 Å². The third kappa shape index (κ3) is 1.87. The van der Waals surface area contributed by atoms with Gasteiger partial charge in [0.2, 0.25) is 0 Å². The van der Waals surface area contributed by atoms with Gasteiger partial charge in [-0.15, -0.1) is 5.92 Å². The molecule has 0 bridgehead atoms. The Morgan fingerprint density at radius 1 is 1.47 bits per heavy atom. The van der Waals surface area contributed by atoms with E-state index in [1.54, 1.807) is 23.7 Å². The molecule has 86 valence electrons. The number of carboxylic acid groups (broad SMARTS) is 1. The van der Waals surface area contributed by atoms with Gasteiger partial charge >= 0.3 is 5.97 Å². The van der Waals surface area contributed by atoms with Gasteiger partial charge in [-0.1, -0.05) is 24.1 Å². The maximum Gasteiger partial charge on any atom is 0.357 e. The van der Waals surface area contributed by atoms with E-state index in [0.29, 0.717) is 5.39 Å². The average Bonchev–Trinajstić information content (AvgIpc) is 2.69. The van der Waals surface area contributed by atoms with Crippen molar-refractivity contribution in [1.82, 2.24) is 9.78 Å². The highest BCUT2D eigenvalue weighted by Crippen LogP contribution is 2.21. The highest BCUT2D eigenvalue weighted by molar-refractivity contribution is 6.01. The lowest BCUT2D eigenvalue weighted by Crippen LogP contribution is -2.06. The normalized spacial score (nSPS) is 11.9. The number of rotatable bonds is 2. The van der Waals surface area contributed by atoms with Crippen molar-refractivity contribution in [3.05, 3.63) is 30.0 Å². The Kier molecular flexibility index (Phi) is 2.84. The van der Waals surface area contributed by atoms with Crippen LogP contribution >= 0.6 is 0 Å². The van der Waals surface area contributed by atoms with Gasteiger partial charge in [-0.05, 0) is 19.9 Å². The zero-order chi connectivity index (χ0) is 12.4. The van der Waals surface area contributed by atoms with Crippen LogP contribution in [0.1, 0.15) is 30.4 Å². The third-order valence-corrected chi connectivity index (χ3v) is 2.54. The molecule has 1 aromatic heterocycles. The molecule has 17 heavy (non-hydrogen) atoms. The molecule has 1 atom stereocenters. The van der Waals surface area contributed by atoms with Gasteiger partial charge in [0.15, 0.2) is 5.69 Å². The summed E-state index contributed by atoms with van der Waals surface area (Å²) in [7, 11) is 0. The number of carbonyl (C=O) groups is 1. The first-order chi connectivity index (χ1) is 8.15. The first kappa shape index (κ1) is 11.2. The molecule has 1 aromatic carbocycles. The van der Waals surface area contributed by atoms with E-state index in [0.717, 1.165) is 5.52 Å². The number of aromatic carboxylic acids is 1. The number of hydrogen-bond acceptors (Lipinski definition) is 2. The zero-order valence-electron chi connectivity index (χ0n) is 9.64. The smallest absolute Gasteiger partial charge is 0.357 e. The van der Waals surface area contributed by atoms with Crippen molar-refractivity contribution in [1.29, 1.82) is 0 Å². The van der Waals surface area contributed by atoms with Crippen molar-refractivity contribution in [2.24, 2.45) is 0 Å². The lowest BCUT2D eigenvalue weighted by atomic mass is 10.2. The summed E-state index contributed by atoms with van der Waals surface area (Å²) in [6.07, 6.45) is 0. The van der Waals surface area contributed by atoms with Crippen LogP contribution in [0.15, 0.2) is 24.3 Å². The largest absolute Gasteiger partial charge is 0.476 e. The topological polar surface area (TPSA) is 55.1 Å². The molecule has 0 radical (unpaired) electrons. The quantitative estimate of drug-likeness (QED) is 0.802. The van der Waals surface area contributed by atoms with Gasteiger partial charge in [0.25, 0.3) is 0 Å². The van der Waals surface area contributed by atoms with Crippen LogP contribution in [0, 0.1) is 11.8 Å². The van der Waals surface area contributed by atoms with Gasteiger partial charge in [-0.2, -0.15) is 5.10 Å². The minimum Gasteiger partial charge on any atom is -0.476 e. The van der Waals surface area contributed by atoms with E-state index in [1.807, 2.05) is 19.1 Å². The molecule has 4 heteroatoms. The number of aromatic nitrogens is 2. The molecular weight excluding hydrogens is 216 g/mol. The van der Waals surface area contributed by atoms with Crippen LogP contribution in [0.5, 0.6) is 0 Å². The van der Waals surface area contributed by atoms with Crippen molar-refractivity contribution in [2.75, 3.05) is 0 Å². The third-order valence-electron chi connectivity index (χ3n) is 2.54. The number of nitrogens with zero attached hydrogens (tertiary/aromatic N) is 2. The predicted molar refractivity (Wildman–Crippen MR) is 64.9 cm³/mol. The Bertz CT molecular complexity index is 632. The molecule has 2 rings (SSSR count). The SMILES string of the molecule is CC#CC(C)n1nc(C(=O)O)c2ccccc21. The van der Waals surface area contributed by atoms with E-state index in [2.05, 4.69) is 16.9 Å². The molecule has 0 aliphatic carbocycles. The van der Waals surface area contributed by atoms with Crippen LogP contribution in [0.3, 0.4) is 0 Å². The van der Waals surface area contributed by atoms with E-state index < -0.39 is 5.97 Å². The molecule has 0 spiro atoms. The first-order valence-corrected chi connectivity index (χ1v) is 5.28. The monoisotopic (exact) mass is 228 g/mol. The molecule has 1 unspecified atom stereocenters. The summed E-state index contributed by atoms with van der Waals surface area (Å²) in [5.41, 5.74) is 0.866. The summed E-state index contributed by atoms with van der Waals surface area (Å²) >= 11 is 0. The highest BCUT2D eigenvalue weighted by atomic mass is 16.4. The fraction of sp³-hybridized carbons (Fsp3) is 0.231. The summed E-state index contributed by atoms with van der Waals surface area (Å²) in [6.45, 7) is 3.64. The maximum atomic E-state index is 11.1. The number of carboxylic acids is 1. The number of fused-ring (bicyclic) bond motifs is 1. The van der Waals surface area contributed by atoms with Crippen LogP contribution in [0.4, 0.5) is 0 Å². The van der Waals surface area contributed by atoms with Crippen LogP contribution < -0.4 is 0 Å². The molecule has 0 saturated carbocycles. The second-order valence-corrected chi connectivity index (χ2v) is 3.69. The first-order valence-electron chi connectivity index (χ1n) is 5.28. The summed E-state index contributed by atoms with van der Waals surface area (Å²) in [5, 5.41) is 13.9. The van der Waals surface area contributed by atoms with E-state index in [1.165, 1.54) is 0 Å². The number of benzene rings is 1. The second-order valence-electron chi connectivity index (χ2n) is 3.69. The number of para-hydroxylation sites is 1. The van der Waals surface area contributed by atoms with Crippen LogP contribution in [-0.2, 0) is 0 Å². The summed E-state index contributed by atoms with van der Waals surface area (Å²) in [4.78, 5) is 11.1. The molecular formula is C13H12N2O2. The summed E-state index contributed by atoms with van der Waals surface area (Å²) < 4.78 is 1.65. The van der Waals surface area contributed by atoms with Gasteiger partial charge in [-0.25, -0.2) is 9.48 Å². The number of hydrogen-bond donors (Lipinski definition) is 1. The Morgan fingerprint density at radius 2 is 2.18 bits per heavy atom. The van der Waals surface area contributed by atoms with Gasteiger partial charge in [0, 0.05) is 5.39 Å². The molecule has 0 fully saturated rings. The van der Waals surface area contributed by atoms with Crippen LogP contribution in [0.2, 0.25) is 0 Å². The fourth-order valence-corrected chi connectivity index (χ4v) is 1.81. The standard InChI is InChI=1S/C13H12N2O2/c1-3-6-9(2)15-11-8-5-4-7-10(11)12(14-15)13(16)17/h4-5,7-9H,1-2H3,(H,16,17). The Morgan fingerprint density at radius 3 is 2.82 bits per heavy atom. The second kappa shape index (κ2) is 4.30. The van der Waals surface area contributed by atoms with Crippen molar-refractivity contribution < 1.29 is 9.90 Å². The molecule has 1 N–H and O–H groups in total. The maximum absolute atomic E-state index is 11.1. The molecule has 0 saturated heterocycles. The summed E-state index contributed by atoms with van der Waals surface area (Å²) in [5.74, 6) is 4.76. The van der Waals surface area contributed by atoms with Crippen molar-refractivity contribution in [2.45, 2.75) is 19.9 Å². The predicted octanol–water partition coefficient (Wildman–Crippen LogP) is 2.32. The van der Waals surface area contributed by atoms with Crippen LogP contribution in [0.25, 0.3) is 10.9 Å². The van der Waals surface area contributed by atoms with Gasteiger partial charge in [0.05, 0.1) is 5.52 Å². The Hall–Kier alpha value is -2.28. The van der Waals surface area contributed by atoms with E-state index in [9.17, 15) is 4.79 Å². The zero-order valence-corrected chi connectivity index (χ0v) is 9.64. The molecule has 0 aliphatic heterocycles. The Labute approximate surface area is 98.9 Å². The van der Waals surface area contributed by atoms with Gasteiger partial charge in [0.1, 0.15) is 6.04 Å². The van der Waals surface area contributed by atoms with Crippen LogP contribution in [-0.4, -0.2) is 20.9 Å². The molecule has 1 heterocycles. The Balaban J connectivity index is 2.71.